The van der Waals surface area contributed by atoms with Crippen molar-refractivity contribution < 1.29 is 14.7 Å². The van der Waals surface area contributed by atoms with E-state index in [2.05, 4.69) is 19.2 Å². The quantitative estimate of drug-likeness (QED) is 0.814. The average molecular weight is 298 g/mol. The van der Waals surface area contributed by atoms with Gasteiger partial charge in [-0.05, 0) is 46.0 Å². The van der Waals surface area contributed by atoms with Crippen LogP contribution in [0.2, 0.25) is 0 Å². The van der Waals surface area contributed by atoms with Crippen molar-refractivity contribution >= 4 is 11.9 Å². The van der Waals surface area contributed by atoms with Crippen LogP contribution in [-0.4, -0.2) is 47.1 Å². The summed E-state index contributed by atoms with van der Waals surface area (Å²) in [4.78, 5) is 25.6. The van der Waals surface area contributed by atoms with E-state index < -0.39 is 16.9 Å². The fourth-order valence-corrected chi connectivity index (χ4v) is 2.76. The summed E-state index contributed by atoms with van der Waals surface area (Å²) in [6.07, 6.45) is 1.16. The fourth-order valence-electron chi connectivity index (χ4n) is 2.76. The molecule has 122 valence electrons. The first-order valence-corrected chi connectivity index (χ1v) is 7.73. The Kier molecular flexibility index (Phi) is 5.42. The summed E-state index contributed by atoms with van der Waals surface area (Å²) in [6, 6.07) is 0. The van der Waals surface area contributed by atoms with E-state index in [1.165, 1.54) is 0 Å². The van der Waals surface area contributed by atoms with E-state index in [0.717, 1.165) is 19.5 Å². The smallest absolute Gasteiger partial charge is 0.310 e. The van der Waals surface area contributed by atoms with Crippen LogP contribution in [0.5, 0.6) is 0 Å². The summed E-state index contributed by atoms with van der Waals surface area (Å²) in [5.74, 6) is 0.248. The molecule has 0 aromatic rings. The Bertz CT molecular complexity index is 394. The lowest BCUT2D eigenvalue weighted by Gasteiger charge is -2.40. The SMILES string of the molecule is CC1CC(C)CN(C(=O)CNC(C)(C)C(C)(C)C(=O)O)C1. The zero-order chi connectivity index (χ0) is 16.4. The first-order valence-electron chi connectivity index (χ1n) is 7.73. The van der Waals surface area contributed by atoms with Crippen LogP contribution in [0.3, 0.4) is 0 Å². The maximum atomic E-state index is 12.3. The van der Waals surface area contributed by atoms with E-state index in [0.29, 0.717) is 11.8 Å². The predicted octanol–water partition coefficient (Wildman–Crippen LogP) is 1.97. The average Bonchev–Trinajstić information content (AvgIpc) is 2.34. The van der Waals surface area contributed by atoms with Crippen LogP contribution < -0.4 is 5.32 Å². The molecule has 0 radical (unpaired) electrons. The summed E-state index contributed by atoms with van der Waals surface area (Å²) >= 11 is 0. The van der Waals surface area contributed by atoms with Gasteiger partial charge in [-0.15, -0.1) is 0 Å². The van der Waals surface area contributed by atoms with Crippen LogP contribution >= 0.6 is 0 Å². The molecular formula is C16H30N2O3. The van der Waals surface area contributed by atoms with Crippen molar-refractivity contribution in [2.45, 2.75) is 53.5 Å². The molecule has 1 rings (SSSR count). The molecular weight excluding hydrogens is 268 g/mol. The predicted molar refractivity (Wildman–Crippen MR) is 83.0 cm³/mol. The third-order valence-electron chi connectivity index (χ3n) is 5.00. The molecule has 0 aromatic carbocycles. The molecule has 1 aliphatic rings. The summed E-state index contributed by atoms with van der Waals surface area (Å²) in [6.45, 7) is 13.1. The third-order valence-corrected chi connectivity index (χ3v) is 5.00. The minimum absolute atomic E-state index is 0.0580. The highest BCUT2D eigenvalue weighted by atomic mass is 16.4. The van der Waals surface area contributed by atoms with Crippen molar-refractivity contribution in [3.8, 4) is 0 Å². The number of amides is 1. The Morgan fingerprint density at radius 3 is 2.05 bits per heavy atom. The van der Waals surface area contributed by atoms with E-state index in [1.54, 1.807) is 13.8 Å². The number of carboxylic acids is 1. The second-order valence-corrected chi connectivity index (χ2v) is 7.65. The highest BCUT2D eigenvalue weighted by molar-refractivity contribution is 5.79. The zero-order valence-corrected chi connectivity index (χ0v) is 14.2. The molecule has 0 bridgehead atoms. The third kappa shape index (κ3) is 4.19. The minimum atomic E-state index is -0.949. The highest BCUT2D eigenvalue weighted by Crippen LogP contribution is 2.30. The normalized spacial score (nSPS) is 24.0. The topological polar surface area (TPSA) is 69.6 Å². The van der Waals surface area contributed by atoms with Gasteiger partial charge in [0.25, 0.3) is 0 Å². The first kappa shape index (κ1) is 18.0. The molecule has 21 heavy (non-hydrogen) atoms. The van der Waals surface area contributed by atoms with Crippen LogP contribution in [0, 0.1) is 17.3 Å². The maximum absolute atomic E-state index is 12.3. The monoisotopic (exact) mass is 298 g/mol. The number of carbonyl (C=O) groups is 2. The van der Waals surface area contributed by atoms with Crippen LogP contribution in [0.25, 0.3) is 0 Å². The van der Waals surface area contributed by atoms with E-state index in [4.69, 9.17) is 0 Å². The van der Waals surface area contributed by atoms with Crippen LogP contribution in [0.1, 0.15) is 48.0 Å². The number of carbonyl (C=O) groups excluding carboxylic acids is 1. The number of hydrogen-bond acceptors (Lipinski definition) is 3. The van der Waals surface area contributed by atoms with Gasteiger partial charge in [-0.3, -0.25) is 9.59 Å². The van der Waals surface area contributed by atoms with Gasteiger partial charge in [0.15, 0.2) is 0 Å². The Morgan fingerprint density at radius 1 is 1.14 bits per heavy atom. The molecule has 2 atom stereocenters. The van der Waals surface area contributed by atoms with Crippen LogP contribution in [-0.2, 0) is 9.59 Å². The molecule has 2 unspecified atom stereocenters. The number of hydrogen-bond donors (Lipinski definition) is 2. The largest absolute Gasteiger partial charge is 0.481 e. The molecule has 0 saturated carbocycles. The minimum Gasteiger partial charge on any atom is -0.481 e. The molecule has 0 spiro atoms. The van der Waals surface area contributed by atoms with Gasteiger partial charge in [0.1, 0.15) is 0 Å². The van der Waals surface area contributed by atoms with Gasteiger partial charge in [0, 0.05) is 18.6 Å². The van der Waals surface area contributed by atoms with Gasteiger partial charge in [0.2, 0.25) is 5.91 Å². The van der Waals surface area contributed by atoms with Crippen molar-refractivity contribution in [3.63, 3.8) is 0 Å². The van der Waals surface area contributed by atoms with Crippen LogP contribution in [0.15, 0.2) is 0 Å². The van der Waals surface area contributed by atoms with Gasteiger partial charge >= 0.3 is 5.97 Å². The first-order chi connectivity index (χ1) is 9.47. The summed E-state index contributed by atoms with van der Waals surface area (Å²) < 4.78 is 0. The van der Waals surface area contributed by atoms with Crippen molar-refractivity contribution in [2.24, 2.45) is 17.3 Å². The number of rotatable bonds is 5. The standard InChI is InChI=1S/C16H30N2O3/c1-11-7-12(2)10-18(9-11)13(19)8-17-16(5,6)15(3,4)14(20)21/h11-12,17H,7-10H2,1-6H3,(H,20,21). The van der Waals surface area contributed by atoms with Crippen LogP contribution in [0.4, 0.5) is 0 Å². The Hall–Kier alpha value is -1.10. The van der Waals surface area contributed by atoms with Crippen molar-refractivity contribution in [2.75, 3.05) is 19.6 Å². The van der Waals surface area contributed by atoms with Crippen molar-refractivity contribution in [1.82, 2.24) is 10.2 Å². The molecule has 5 nitrogen and oxygen atoms in total. The molecule has 1 saturated heterocycles. The Labute approximate surface area is 128 Å². The van der Waals surface area contributed by atoms with Gasteiger partial charge in [-0.1, -0.05) is 13.8 Å². The summed E-state index contributed by atoms with van der Waals surface area (Å²) in [5.41, 5.74) is -1.61. The second-order valence-electron chi connectivity index (χ2n) is 7.65. The zero-order valence-electron chi connectivity index (χ0n) is 14.2. The fraction of sp³-hybridized carbons (Fsp3) is 0.875. The number of piperidine rings is 1. The molecule has 0 aliphatic carbocycles. The van der Waals surface area contributed by atoms with Gasteiger partial charge in [-0.25, -0.2) is 0 Å². The molecule has 0 aromatic heterocycles. The van der Waals surface area contributed by atoms with Crippen molar-refractivity contribution in [3.05, 3.63) is 0 Å². The number of aliphatic carboxylic acids is 1. The summed E-state index contributed by atoms with van der Waals surface area (Å²) in [5, 5.41) is 12.5. The molecule has 1 fully saturated rings. The van der Waals surface area contributed by atoms with Gasteiger partial charge in [-0.2, -0.15) is 0 Å². The van der Waals surface area contributed by atoms with Gasteiger partial charge < -0.3 is 15.3 Å². The molecule has 1 amide bonds. The number of likely N-dealkylation sites (tertiary alicyclic amines) is 1. The van der Waals surface area contributed by atoms with E-state index in [-0.39, 0.29) is 12.5 Å². The number of carboxylic acid groups (broad SMARTS) is 1. The number of nitrogens with one attached hydrogen (secondary N) is 1. The lowest BCUT2D eigenvalue weighted by atomic mass is 9.74. The summed E-state index contributed by atoms with van der Waals surface area (Å²) in [7, 11) is 0. The molecule has 2 N–H and O–H groups in total. The van der Waals surface area contributed by atoms with Crippen molar-refractivity contribution in [1.29, 1.82) is 0 Å². The molecule has 5 heteroatoms. The second kappa shape index (κ2) is 6.34. The maximum Gasteiger partial charge on any atom is 0.310 e. The van der Waals surface area contributed by atoms with Gasteiger partial charge in [0.05, 0.1) is 12.0 Å². The highest BCUT2D eigenvalue weighted by Gasteiger charge is 2.43. The van der Waals surface area contributed by atoms with E-state index in [1.807, 2.05) is 18.7 Å². The Morgan fingerprint density at radius 2 is 1.62 bits per heavy atom. The van der Waals surface area contributed by atoms with E-state index >= 15 is 0 Å². The number of nitrogens with zero attached hydrogens (tertiary/aromatic N) is 1. The van der Waals surface area contributed by atoms with E-state index in [9.17, 15) is 14.7 Å². The molecule has 1 heterocycles. The Balaban J connectivity index is 2.62. The molecule has 1 aliphatic heterocycles. The lowest BCUT2D eigenvalue weighted by Crippen LogP contribution is -2.58. The lowest BCUT2D eigenvalue weighted by molar-refractivity contribution is -0.151.